The number of fused-ring (bicyclic) bond motifs is 1. The van der Waals surface area contributed by atoms with Crippen LogP contribution >= 0.6 is 0 Å². The Labute approximate surface area is 92.6 Å². The Kier molecular flexibility index (Phi) is 2.32. The SMILES string of the molecule is O=C(c1nn[nH]n1)N1CC2CCCNC2C1. The van der Waals surface area contributed by atoms with E-state index in [1.807, 2.05) is 4.90 Å². The number of piperidine rings is 1. The van der Waals surface area contributed by atoms with Crippen LogP contribution in [0.5, 0.6) is 0 Å². The van der Waals surface area contributed by atoms with E-state index in [2.05, 4.69) is 25.9 Å². The van der Waals surface area contributed by atoms with Gasteiger partial charge in [0, 0.05) is 19.1 Å². The lowest BCUT2D eigenvalue weighted by Crippen LogP contribution is -2.41. The van der Waals surface area contributed by atoms with Crippen molar-refractivity contribution in [2.45, 2.75) is 18.9 Å². The van der Waals surface area contributed by atoms with Crippen molar-refractivity contribution in [3.8, 4) is 0 Å². The number of hydrogen-bond donors (Lipinski definition) is 2. The van der Waals surface area contributed by atoms with E-state index >= 15 is 0 Å². The summed E-state index contributed by atoms with van der Waals surface area (Å²) in [6.07, 6.45) is 2.40. The Morgan fingerprint density at radius 2 is 2.38 bits per heavy atom. The highest BCUT2D eigenvalue weighted by Gasteiger charge is 2.37. The zero-order chi connectivity index (χ0) is 11.0. The van der Waals surface area contributed by atoms with Gasteiger partial charge < -0.3 is 10.2 Å². The van der Waals surface area contributed by atoms with Gasteiger partial charge in [-0.2, -0.15) is 5.21 Å². The molecule has 3 rings (SSSR count). The number of aromatic amines is 1. The second-order valence-corrected chi connectivity index (χ2v) is 4.41. The Morgan fingerprint density at radius 3 is 3.12 bits per heavy atom. The molecule has 1 aromatic rings. The van der Waals surface area contributed by atoms with Gasteiger partial charge in [0.2, 0.25) is 0 Å². The van der Waals surface area contributed by atoms with E-state index in [0.717, 1.165) is 19.6 Å². The zero-order valence-electron chi connectivity index (χ0n) is 8.89. The molecule has 7 heteroatoms. The highest BCUT2D eigenvalue weighted by molar-refractivity contribution is 5.90. The molecule has 0 bridgehead atoms. The van der Waals surface area contributed by atoms with Gasteiger partial charge >= 0.3 is 0 Å². The predicted molar refractivity (Wildman–Crippen MR) is 54.6 cm³/mol. The van der Waals surface area contributed by atoms with Gasteiger partial charge in [-0.05, 0) is 30.5 Å². The van der Waals surface area contributed by atoms with Crippen molar-refractivity contribution in [3.05, 3.63) is 5.82 Å². The normalized spacial score (nSPS) is 29.1. The molecule has 0 aliphatic carbocycles. The maximum atomic E-state index is 12.0. The summed E-state index contributed by atoms with van der Waals surface area (Å²) in [4.78, 5) is 13.8. The zero-order valence-corrected chi connectivity index (χ0v) is 8.89. The van der Waals surface area contributed by atoms with Crippen molar-refractivity contribution in [3.63, 3.8) is 0 Å². The number of hydrogen-bond acceptors (Lipinski definition) is 5. The molecule has 16 heavy (non-hydrogen) atoms. The number of H-pyrrole nitrogens is 1. The average molecular weight is 222 g/mol. The molecular weight excluding hydrogens is 208 g/mol. The number of carbonyl (C=O) groups is 1. The Bertz CT molecular complexity index is 363. The summed E-state index contributed by atoms with van der Waals surface area (Å²) in [6.45, 7) is 2.63. The number of amides is 1. The van der Waals surface area contributed by atoms with Gasteiger partial charge in [0.1, 0.15) is 0 Å². The van der Waals surface area contributed by atoms with Crippen molar-refractivity contribution in [2.75, 3.05) is 19.6 Å². The van der Waals surface area contributed by atoms with Crippen LogP contribution in [0.2, 0.25) is 0 Å². The molecule has 7 nitrogen and oxygen atoms in total. The average Bonchev–Trinajstić information content (AvgIpc) is 2.97. The van der Waals surface area contributed by atoms with Crippen molar-refractivity contribution < 1.29 is 4.79 Å². The minimum atomic E-state index is -0.120. The van der Waals surface area contributed by atoms with Crippen LogP contribution in [0.3, 0.4) is 0 Å². The Hall–Kier alpha value is -1.50. The number of nitrogens with zero attached hydrogens (tertiary/aromatic N) is 4. The van der Waals surface area contributed by atoms with Crippen LogP contribution in [0.25, 0.3) is 0 Å². The minimum Gasteiger partial charge on any atom is -0.334 e. The molecule has 2 aliphatic heterocycles. The van der Waals surface area contributed by atoms with Crippen LogP contribution < -0.4 is 5.32 Å². The topological polar surface area (TPSA) is 86.8 Å². The van der Waals surface area contributed by atoms with E-state index in [9.17, 15) is 4.79 Å². The molecule has 2 unspecified atom stereocenters. The van der Waals surface area contributed by atoms with E-state index in [1.165, 1.54) is 12.8 Å². The number of carbonyl (C=O) groups excluding carboxylic acids is 1. The third-order valence-corrected chi connectivity index (χ3v) is 3.42. The van der Waals surface area contributed by atoms with Crippen LogP contribution in [0.15, 0.2) is 0 Å². The summed E-state index contributed by atoms with van der Waals surface area (Å²) in [5, 5.41) is 16.6. The maximum absolute atomic E-state index is 12.0. The molecule has 2 atom stereocenters. The minimum absolute atomic E-state index is 0.120. The van der Waals surface area contributed by atoms with Gasteiger partial charge in [0.05, 0.1) is 0 Å². The molecule has 0 aromatic carbocycles. The van der Waals surface area contributed by atoms with Gasteiger partial charge in [-0.3, -0.25) is 4.79 Å². The number of tetrazole rings is 1. The Morgan fingerprint density at radius 1 is 1.44 bits per heavy atom. The summed E-state index contributed by atoms with van der Waals surface area (Å²) in [5.74, 6) is 0.633. The molecule has 3 heterocycles. The lowest BCUT2D eigenvalue weighted by Gasteiger charge is -2.24. The smallest absolute Gasteiger partial charge is 0.295 e. The number of rotatable bonds is 1. The third kappa shape index (κ3) is 1.57. The van der Waals surface area contributed by atoms with Gasteiger partial charge in [0.25, 0.3) is 11.7 Å². The van der Waals surface area contributed by atoms with Crippen LogP contribution in [-0.4, -0.2) is 57.1 Å². The highest BCUT2D eigenvalue weighted by atomic mass is 16.2. The summed E-state index contributed by atoms with van der Waals surface area (Å²) in [7, 11) is 0. The molecule has 0 spiro atoms. The van der Waals surface area contributed by atoms with Crippen LogP contribution in [0.4, 0.5) is 0 Å². The summed E-state index contributed by atoms with van der Waals surface area (Å²) in [5.41, 5.74) is 0. The van der Waals surface area contributed by atoms with E-state index < -0.39 is 0 Å². The fraction of sp³-hybridized carbons (Fsp3) is 0.778. The van der Waals surface area contributed by atoms with Crippen molar-refractivity contribution >= 4 is 5.91 Å². The predicted octanol–water partition coefficient (Wildman–Crippen LogP) is -0.976. The molecule has 2 saturated heterocycles. The molecular formula is C9H14N6O. The lowest BCUT2D eigenvalue weighted by molar-refractivity contribution is 0.0773. The first kappa shape index (κ1) is 9.71. The number of aromatic nitrogens is 4. The Balaban J connectivity index is 1.71. The van der Waals surface area contributed by atoms with E-state index in [1.54, 1.807) is 0 Å². The van der Waals surface area contributed by atoms with E-state index in [-0.39, 0.29) is 11.7 Å². The quantitative estimate of drug-likeness (QED) is 0.638. The van der Waals surface area contributed by atoms with Crippen LogP contribution in [0, 0.1) is 5.92 Å². The first-order valence-electron chi connectivity index (χ1n) is 5.60. The van der Waals surface area contributed by atoms with E-state index in [4.69, 9.17) is 0 Å². The van der Waals surface area contributed by atoms with Gasteiger partial charge in [0.15, 0.2) is 0 Å². The largest absolute Gasteiger partial charge is 0.334 e. The van der Waals surface area contributed by atoms with Crippen molar-refractivity contribution in [1.29, 1.82) is 0 Å². The molecule has 2 N–H and O–H groups in total. The molecule has 0 saturated carbocycles. The molecule has 1 amide bonds. The van der Waals surface area contributed by atoms with Gasteiger partial charge in [-0.15, -0.1) is 10.2 Å². The van der Waals surface area contributed by atoms with Crippen molar-refractivity contribution in [2.24, 2.45) is 5.92 Å². The van der Waals surface area contributed by atoms with Crippen LogP contribution in [-0.2, 0) is 0 Å². The van der Waals surface area contributed by atoms with Gasteiger partial charge in [-0.25, -0.2) is 0 Å². The monoisotopic (exact) mass is 222 g/mol. The molecule has 86 valence electrons. The number of likely N-dealkylation sites (tertiary alicyclic amines) is 1. The first-order chi connectivity index (χ1) is 7.84. The highest BCUT2D eigenvalue weighted by Crippen LogP contribution is 2.25. The molecule has 1 aromatic heterocycles. The number of nitrogens with one attached hydrogen (secondary N) is 2. The fourth-order valence-electron chi connectivity index (χ4n) is 2.61. The molecule has 2 aliphatic rings. The summed E-state index contributed by atoms with van der Waals surface area (Å²) < 4.78 is 0. The molecule has 2 fully saturated rings. The second kappa shape index (κ2) is 3.82. The van der Waals surface area contributed by atoms with Gasteiger partial charge in [-0.1, -0.05) is 0 Å². The maximum Gasteiger partial charge on any atom is 0.295 e. The lowest BCUT2D eigenvalue weighted by atomic mass is 9.94. The fourth-order valence-corrected chi connectivity index (χ4v) is 2.61. The standard InChI is InChI=1S/C9H14N6O/c16-9(8-11-13-14-12-8)15-4-6-2-1-3-10-7(6)5-15/h6-7,10H,1-5H2,(H,11,12,13,14). The summed E-state index contributed by atoms with van der Waals surface area (Å²) in [6, 6.07) is 0.449. The van der Waals surface area contributed by atoms with Crippen LogP contribution in [0.1, 0.15) is 23.5 Å². The third-order valence-electron chi connectivity index (χ3n) is 3.42. The second-order valence-electron chi connectivity index (χ2n) is 4.41. The first-order valence-corrected chi connectivity index (χ1v) is 5.60. The van der Waals surface area contributed by atoms with E-state index in [0.29, 0.717) is 12.0 Å². The van der Waals surface area contributed by atoms with Crippen molar-refractivity contribution in [1.82, 2.24) is 30.8 Å². The molecule has 0 radical (unpaired) electrons. The summed E-state index contributed by atoms with van der Waals surface area (Å²) >= 11 is 0.